The highest BCUT2D eigenvalue weighted by Gasteiger charge is 2.42. The van der Waals surface area contributed by atoms with Crippen LogP contribution in [0.1, 0.15) is 51.1 Å². The van der Waals surface area contributed by atoms with Crippen molar-refractivity contribution in [1.29, 1.82) is 0 Å². The molecule has 3 fully saturated rings. The van der Waals surface area contributed by atoms with E-state index in [1.165, 1.54) is 30.7 Å². The topological polar surface area (TPSA) is 109 Å². The van der Waals surface area contributed by atoms with Gasteiger partial charge in [-0.15, -0.1) is 0 Å². The number of carbonyl (C=O) groups is 2. The molecule has 4 heterocycles. The lowest BCUT2D eigenvalue weighted by Crippen LogP contribution is -2.46. The summed E-state index contributed by atoms with van der Waals surface area (Å²) in [4.78, 5) is 34.3. The molecule has 3 aliphatic rings. The van der Waals surface area contributed by atoms with E-state index in [1.54, 1.807) is 0 Å². The second kappa shape index (κ2) is 9.75. The van der Waals surface area contributed by atoms with Crippen LogP contribution in [0.15, 0.2) is 12.1 Å². The van der Waals surface area contributed by atoms with E-state index in [1.807, 2.05) is 13.0 Å². The van der Waals surface area contributed by atoms with Gasteiger partial charge in [0.1, 0.15) is 5.82 Å². The first-order valence-electron chi connectivity index (χ1n) is 12.2. The second-order valence-electron chi connectivity index (χ2n) is 9.95. The van der Waals surface area contributed by atoms with Gasteiger partial charge in [-0.3, -0.25) is 9.69 Å². The molecule has 0 aromatic carbocycles. The molecule has 9 heteroatoms. The highest BCUT2D eigenvalue weighted by molar-refractivity contribution is 5.75. The van der Waals surface area contributed by atoms with Crippen molar-refractivity contribution in [3.63, 3.8) is 0 Å². The number of aromatic nitrogens is 1. The highest BCUT2D eigenvalue weighted by Crippen LogP contribution is 2.36. The molecular formula is C24H37N5O4. The van der Waals surface area contributed by atoms with Gasteiger partial charge in [0.2, 0.25) is 0 Å². The van der Waals surface area contributed by atoms with Crippen LogP contribution >= 0.6 is 0 Å². The lowest BCUT2D eigenvalue weighted by Gasteiger charge is -2.37. The number of hydrogen-bond acceptors (Lipinski definition) is 6. The van der Waals surface area contributed by atoms with E-state index < -0.39 is 17.5 Å². The number of piperidine rings is 1. The highest BCUT2D eigenvalue weighted by atomic mass is 16.4. The van der Waals surface area contributed by atoms with Crippen LogP contribution in [-0.4, -0.2) is 88.4 Å². The summed E-state index contributed by atoms with van der Waals surface area (Å²) in [6, 6.07) is 5.40. The molecule has 3 aliphatic heterocycles. The number of pyridine rings is 1. The maximum Gasteiger partial charge on any atom is 0.407 e. The number of aryl methyl sites for hydroxylation is 1. The Kier molecular flexibility index (Phi) is 6.97. The van der Waals surface area contributed by atoms with Gasteiger partial charge in [0.25, 0.3) is 0 Å². The van der Waals surface area contributed by atoms with E-state index in [4.69, 9.17) is 10.1 Å². The number of aliphatic carboxylic acids is 1. The van der Waals surface area contributed by atoms with Crippen LogP contribution in [-0.2, 0) is 4.79 Å². The summed E-state index contributed by atoms with van der Waals surface area (Å²) < 4.78 is 0. The van der Waals surface area contributed by atoms with E-state index in [9.17, 15) is 14.7 Å². The van der Waals surface area contributed by atoms with Gasteiger partial charge in [0.05, 0.1) is 16.8 Å². The molecule has 4 rings (SSSR count). The number of nitrogens with zero attached hydrogens (tertiary/aromatic N) is 4. The molecule has 9 nitrogen and oxygen atoms in total. The zero-order valence-corrected chi connectivity index (χ0v) is 19.8. The van der Waals surface area contributed by atoms with E-state index in [2.05, 4.69) is 28.1 Å². The molecule has 3 saturated heterocycles. The fraction of sp³-hybridized carbons (Fsp3) is 0.708. The van der Waals surface area contributed by atoms with Crippen molar-refractivity contribution in [2.24, 2.45) is 5.41 Å². The Morgan fingerprint density at radius 1 is 1.15 bits per heavy atom. The average molecular weight is 460 g/mol. The van der Waals surface area contributed by atoms with Gasteiger partial charge in [0, 0.05) is 44.8 Å². The SMILES string of the molecule is Cc1nc(N2CC[C@@H](N3CCC[C@@H]3C)C2)ccc1NCCC1(C(=O)O)CCN(C(=O)O)CC1. The van der Waals surface area contributed by atoms with Crippen molar-refractivity contribution in [2.45, 2.75) is 64.5 Å². The predicted molar refractivity (Wildman–Crippen MR) is 127 cm³/mol. The molecule has 182 valence electrons. The van der Waals surface area contributed by atoms with Crippen molar-refractivity contribution < 1.29 is 19.8 Å². The Morgan fingerprint density at radius 2 is 1.91 bits per heavy atom. The summed E-state index contributed by atoms with van der Waals surface area (Å²) in [5.74, 6) is 0.172. The van der Waals surface area contributed by atoms with Gasteiger partial charge in [-0.05, 0) is 71.0 Å². The number of rotatable bonds is 7. The van der Waals surface area contributed by atoms with Gasteiger partial charge in [-0.1, -0.05) is 0 Å². The standard InChI is InChI=1S/C24H37N5O4/c1-17-4-3-12-29(17)19-7-13-28(16-19)21-6-5-20(18(2)26-21)25-11-8-24(22(30)31)9-14-27(15-10-24)23(32)33/h5-6,17,19,25H,3-4,7-16H2,1-2H3,(H,30,31)(H,32,33)/t17-,19+/m0/s1. The van der Waals surface area contributed by atoms with Crippen LogP contribution in [0.5, 0.6) is 0 Å². The molecule has 0 saturated carbocycles. The van der Waals surface area contributed by atoms with Crippen LogP contribution < -0.4 is 10.2 Å². The summed E-state index contributed by atoms with van der Waals surface area (Å²) in [6.07, 6.45) is 3.95. The third-order valence-electron chi connectivity index (χ3n) is 8.00. The first-order valence-corrected chi connectivity index (χ1v) is 12.2. The third kappa shape index (κ3) is 5.03. The molecule has 0 aliphatic carbocycles. The Bertz CT molecular complexity index is 870. The van der Waals surface area contributed by atoms with Crippen molar-refractivity contribution in [2.75, 3.05) is 49.5 Å². The number of hydrogen-bond donors (Lipinski definition) is 3. The largest absolute Gasteiger partial charge is 0.481 e. The lowest BCUT2D eigenvalue weighted by atomic mass is 9.75. The third-order valence-corrected chi connectivity index (χ3v) is 8.00. The fourth-order valence-electron chi connectivity index (χ4n) is 5.76. The van der Waals surface area contributed by atoms with Crippen LogP contribution in [0.2, 0.25) is 0 Å². The molecule has 1 aromatic heterocycles. The zero-order chi connectivity index (χ0) is 23.6. The minimum atomic E-state index is -0.979. The van der Waals surface area contributed by atoms with Crippen LogP contribution in [0.4, 0.5) is 16.3 Å². The zero-order valence-electron chi connectivity index (χ0n) is 19.8. The Balaban J connectivity index is 1.31. The van der Waals surface area contributed by atoms with Gasteiger partial charge in [0.15, 0.2) is 0 Å². The maximum atomic E-state index is 12.0. The minimum Gasteiger partial charge on any atom is -0.481 e. The van der Waals surface area contributed by atoms with E-state index >= 15 is 0 Å². The van der Waals surface area contributed by atoms with Gasteiger partial charge in [-0.2, -0.15) is 0 Å². The average Bonchev–Trinajstić information content (AvgIpc) is 3.44. The molecule has 0 radical (unpaired) electrons. The quantitative estimate of drug-likeness (QED) is 0.571. The van der Waals surface area contributed by atoms with E-state index in [0.717, 1.165) is 30.3 Å². The van der Waals surface area contributed by atoms with E-state index in [-0.39, 0.29) is 13.1 Å². The minimum absolute atomic E-state index is 0.268. The number of anilines is 2. The van der Waals surface area contributed by atoms with Crippen molar-refractivity contribution in [3.05, 3.63) is 17.8 Å². The normalized spacial score (nSPS) is 25.4. The first kappa shape index (κ1) is 23.6. The smallest absolute Gasteiger partial charge is 0.407 e. The number of carboxylic acids is 1. The lowest BCUT2D eigenvalue weighted by molar-refractivity contribution is -0.152. The van der Waals surface area contributed by atoms with Crippen molar-refractivity contribution >= 4 is 23.6 Å². The Morgan fingerprint density at radius 3 is 2.52 bits per heavy atom. The molecule has 1 amide bonds. The number of carboxylic acid groups (broad SMARTS) is 2. The van der Waals surface area contributed by atoms with Gasteiger partial charge in [-0.25, -0.2) is 9.78 Å². The number of likely N-dealkylation sites (tertiary alicyclic amines) is 2. The van der Waals surface area contributed by atoms with Gasteiger partial charge >= 0.3 is 12.1 Å². The monoisotopic (exact) mass is 459 g/mol. The predicted octanol–water partition coefficient (Wildman–Crippen LogP) is 3.10. The number of amides is 1. The number of nitrogens with one attached hydrogen (secondary N) is 1. The van der Waals surface area contributed by atoms with Crippen molar-refractivity contribution in [3.8, 4) is 0 Å². The summed E-state index contributed by atoms with van der Waals surface area (Å²) in [5, 5.41) is 22.3. The van der Waals surface area contributed by atoms with E-state index in [0.29, 0.717) is 37.9 Å². The molecule has 3 N–H and O–H groups in total. The molecule has 2 atom stereocenters. The van der Waals surface area contributed by atoms with Crippen LogP contribution in [0, 0.1) is 12.3 Å². The van der Waals surface area contributed by atoms with Crippen LogP contribution in [0.3, 0.4) is 0 Å². The van der Waals surface area contributed by atoms with Gasteiger partial charge < -0.3 is 25.3 Å². The molecule has 33 heavy (non-hydrogen) atoms. The molecule has 1 aromatic rings. The fourth-order valence-corrected chi connectivity index (χ4v) is 5.76. The van der Waals surface area contributed by atoms with Crippen molar-refractivity contribution in [1.82, 2.24) is 14.8 Å². The first-order chi connectivity index (χ1) is 15.8. The summed E-state index contributed by atoms with van der Waals surface area (Å²) in [5.41, 5.74) is 0.957. The second-order valence-corrected chi connectivity index (χ2v) is 9.95. The summed E-state index contributed by atoms with van der Waals surface area (Å²) in [7, 11) is 0. The molecule has 0 spiro atoms. The summed E-state index contributed by atoms with van der Waals surface area (Å²) >= 11 is 0. The molecular weight excluding hydrogens is 422 g/mol. The maximum absolute atomic E-state index is 12.0. The molecule has 0 unspecified atom stereocenters. The Labute approximate surface area is 195 Å². The summed E-state index contributed by atoms with van der Waals surface area (Å²) in [6.45, 7) is 8.64. The molecule has 0 bridgehead atoms. The van der Waals surface area contributed by atoms with Crippen LogP contribution in [0.25, 0.3) is 0 Å². The Hall–Kier alpha value is -2.55.